The van der Waals surface area contributed by atoms with E-state index in [1.165, 1.54) is 7.11 Å². The fourth-order valence-corrected chi connectivity index (χ4v) is 2.44. The van der Waals surface area contributed by atoms with Gasteiger partial charge in [0, 0.05) is 16.6 Å². The highest BCUT2D eigenvalue weighted by Gasteiger charge is 2.11. The highest BCUT2D eigenvalue weighted by atomic mass is 35.5. The molecule has 0 spiro atoms. The highest BCUT2D eigenvalue weighted by molar-refractivity contribution is 6.28. The van der Waals surface area contributed by atoms with Crippen molar-refractivity contribution in [2.45, 2.75) is 0 Å². The lowest BCUT2D eigenvalue weighted by Gasteiger charge is -2.10. The van der Waals surface area contributed by atoms with Crippen LogP contribution in [0.3, 0.4) is 0 Å². The van der Waals surface area contributed by atoms with Crippen molar-refractivity contribution in [2.75, 3.05) is 12.4 Å². The predicted molar refractivity (Wildman–Crippen MR) is 93.5 cm³/mol. The van der Waals surface area contributed by atoms with Crippen molar-refractivity contribution >= 4 is 40.0 Å². The first-order valence-corrected chi connectivity index (χ1v) is 7.38. The Labute approximate surface area is 143 Å². The molecule has 0 saturated carbocycles. The van der Waals surface area contributed by atoms with Crippen molar-refractivity contribution in [1.29, 1.82) is 0 Å². The summed E-state index contributed by atoms with van der Waals surface area (Å²) >= 11 is 6.00. The number of carbonyl (C=O) groups excluding carboxylic acids is 1. The fourth-order valence-electron chi connectivity index (χ4n) is 2.26. The van der Waals surface area contributed by atoms with Gasteiger partial charge in [-0.05, 0) is 48.0 Å². The Morgan fingerprint density at radius 2 is 2.08 bits per heavy atom. The standard InChI is InChI=1S/C18H12ClN3O2/c1-3-11-5-4-6-13(9-11)20-16-14-8-7-12(17(23)24-2)10-15(14)21-18(19)22-16/h1,4-10H,2H3,(H,20,21,22). The molecule has 2 aromatic carbocycles. The second-order valence-corrected chi connectivity index (χ2v) is 5.25. The Kier molecular flexibility index (Phi) is 4.32. The van der Waals surface area contributed by atoms with E-state index in [1.807, 2.05) is 24.3 Å². The van der Waals surface area contributed by atoms with Crippen LogP contribution >= 0.6 is 11.6 Å². The van der Waals surface area contributed by atoms with Crippen LogP contribution in [-0.2, 0) is 4.74 Å². The van der Waals surface area contributed by atoms with Crippen LogP contribution in [-0.4, -0.2) is 23.0 Å². The Balaban J connectivity index is 2.07. The minimum atomic E-state index is -0.442. The maximum absolute atomic E-state index is 11.7. The molecule has 0 atom stereocenters. The van der Waals surface area contributed by atoms with Crippen LogP contribution < -0.4 is 5.32 Å². The first-order chi connectivity index (χ1) is 11.6. The molecule has 0 radical (unpaired) electrons. The van der Waals surface area contributed by atoms with Crippen molar-refractivity contribution in [2.24, 2.45) is 0 Å². The van der Waals surface area contributed by atoms with Crippen LogP contribution in [0, 0.1) is 12.3 Å². The molecule has 118 valence electrons. The summed E-state index contributed by atoms with van der Waals surface area (Å²) in [5.41, 5.74) is 2.45. The van der Waals surface area contributed by atoms with Gasteiger partial charge < -0.3 is 10.1 Å². The van der Waals surface area contributed by atoms with Gasteiger partial charge >= 0.3 is 5.97 Å². The molecule has 1 N–H and O–H groups in total. The minimum absolute atomic E-state index is 0.0696. The molecule has 0 aliphatic carbocycles. The molecule has 5 nitrogen and oxygen atoms in total. The Morgan fingerprint density at radius 3 is 2.83 bits per heavy atom. The summed E-state index contributed by atoms with van der Waals surface area (Å²) in [6, 6.07) is 12.4. The van der Waals surface area contributed by atoms with Gasteiger partial charge in [0.1, 0.15) is 5.82 Å². The first kappa shape index (κ1) is 15.8. The summed E-state index contributed by atoms with van der Waals surface area (Å²) in [6.45, 7) is 0. The minimum Gasteiger partial charge on any atom is -0.465 e. The number of rotatable bonds is 3. The number of hydrogen-bond acceptors (Lipinski definition) is 5. The van der Waals surface area contributed by atoms with Gasteiger partial charge in [0.05, 0.1) is 18.2 Å². The molecule has 0 saturated heterocycles. The van der Waals surface area contributed by atoms with Gasteiger partial charge in [0.2, 0.25) is 5.28 Å². The molecule has 0 bridgehead atoms. The van der Waals surface area contributed by atoms with E-state index < -0.39 is 5.97 Å². The average Bonchev–Trinajstić information content (AvgIpc) is 2.60. The molecule has 6 heteroatoms. The average molecular weight is 338 g/mol. The van der Waals surface area contributed by atoms with E-state index in [1.54, 1.807) is 18.2 Å². The lowest BCUT2D eigenvalue weighted by Crippen LogP contribution is -2.02. The smallest absolute Gasteiger partial charge is 0.337 e. The lowest BCUT2D eigenvalue weighted by molar-refractivity contribution is 0.0601. The zero-order valence-corrected chi connectivity index (χ0v) is 13.5. The Hall–Kier alpha value is -3.10. The van der Waals surface area contributed by atoms with E-state index in [2.05, 4.69) is 21.2 Å². The van der Waals surface area contributed by atoms with E-state index in [4.69, 9.17) is 22.8 Å². The molecule has 1 aromatic heterocycles. The van der Waals surface area contributed by atoms with Gasteiger partial charge in [-0.15, -0.1) is 6.42 Å². The number of ether oxygens (including phenoxy) is 1. The second-order valence-electron chi connectivity index (χ2n) is 4.91. The Morgan fingerprint density at radius 1 is 1.25 bits per heavy atom. The summed E-state index contributed by atoms with van der Waals surface area (Å²) in [4.78, 5) is 20.0. The van der Waals surface area contributed by atoms with Crippen molar-refractivity contribution in [1.82, 2.24) is 9.97 Å². The van der Waals surface area contributed by atoms with Gasteiger partial charge in [-0.25, -0.2) is 9.78 Å². The van der Waals surface area contributed by atoms with E-state index in [9.17, 15) is 4.79 Å². The highest BCUT2D eigenvalue weighted by Crippen LogP contribution is 2.26. The Bertz CT molecular complexity index is 980. The van der Waals surface area contributed by atoms with Crippen molar-refractivity contribution in [3.63, 3.8) is 0 Å². The topological polar surface area (TPSA) is 64.1 Å². The molecule has 3 aromatic rings. The molecular formula is C18H12ClN3O2. The quantitative estimate of drug-likeness (QED) is 0.447. The number of hydrogen-bond donors (Lipinski definition) is 1. The number of methoxy groups -OCH3 is 1. The third kappa shape index (κ3) is 3.14. The number of carbonyl (C=O) groups is 1. The molecule has 3 rings (SSSR count). The van der Waals surface area contributed by atoms with Gasteiger partial charge in [0.15, 0.2) is 0 Å². The normalized spacial score (nSPS) is 10.2. The zero-order valence-electron chi connectivity index (χ0n) is 12.7. The SMILES string of the molecule is C#Cc1cccc(Nc2nc(Cl)nc3cc(C(=O)OC)ccc23)c1. The van der Waals surface area contributed by atoms with Gasteiger partial charge in [0.25, 0.3) is 0 Å². The summed E-state index contributed by atoms with van der Waals surface area (Å²) < 4.78 is 4.72. The summed E-state index contributed by atoms with van der Waals surface area (Å²) in [6.07, 6.45) is 5.42. The largest absolute Gasteiger partial charge is 0.465 e. The fraction of sp³-hybridized carbons (Fsp3) is 0.0556. The lowest BCUT2D eigenvalue weighted by atomic mass is 10.1. The number of fused-ring (bicyclic) bond motifs is 1. The summed E-state index contributed by atoms with van der Waals surface area (Å²) in [5, 5.41) is 3.97. The number of esters is 1. The molecule has 0 amide bonds. The molecular weight excluding hydrogens is 326 g/mol. The van der Waals surface area contributed by atoms with E-state index in [0.717, 1.165) is 16.6 Å². The van der Waals surface area contributed by atoms with Crippen molar-refractivity contribution in [3.05, 3.63) is 58.9 Å². The molecule has 0 aliphatic rings. The van der Waals surface area contributed by atoms with E-state index >= 15 is 0 Å². The molecule has 0 unspecified atom stereocenters. The van der Waals surface area contributed by atoms with Crippen LogP contribution in [0.15, 0.2) is 42.5 Å². The second kappa shape index (κ2) is 6.57. The van der Waals surface area contributed by atoms with Crippen LogP contribution in [0.5, 0.6) is 0 Å². The maximum atomic E-state index is 11.7. The van der Waals surface area contributed by atoms with Crippen LogP contribution in [0.25, 0.3) is 10.9 Å². The molecule has 0 fully saturated rings. The third-order valence-corrected chi connectivity index (χ3v) is 3.55. The van der Waals surface area contributed by atoms with Crippen LogP contribution in [0.4, 0.5) is 11.5 Å². The van der Waals surface area contributed by atoms with Gasteiger partial charge in [-0.3, -0.25) is 0 Å². The first-order valence-electron chi connectivity index (χ1n) is 7.00. The van der Waals surface area contributed by atoms with Crippen LogP contribution in [0.1, 0.15) is 15.9 Å². The van der Waals surface area contributed by atoms with Gasteiger partial charge in [-0.2, -0.15) is 4.98 Å². The number of nitrogens with one attached hydrogen (secondary N) is 1. The molecule has 24 heavy (non-hydrogen) atoms. The van der Waals surface area contributed by atoms with Crippen molar-refractivity contribution in [3.8, 4) is 12.3 Å². The van der Waals surface area contributed by atoms with Crippen LogP contribution in [0.2, 0.25) is 5.28 Å². The third-order valence-electron chi connectivity index (χ3n) is 3.38. The van der Waals surface area contributed by atoms with E-state index in [-0.39, 0.29) is 5.28 Å². The summed E-state index contributed by atoms with van der Waals surface area (Å²) in [5.74, 6) is 2.66. The number of aromatic nitrogens is 2. The predicted octanol–water partition coefficient (Wildman–Crippen LogP) is 3.79. The van der Waals surface area contributed by atoms with Crippen molar-refractivity contribution < 1.29 is 9.53 Å². The number of terminal acetylenes is 1. The number of nitrogens with zero attached hydrogens (tertiary/aromatic N) is 2. The molecule has 0 aliphatic heterocycles. The zero-order chi connectivity index (χ0) is 17.1. The summed E-state index contributed by atoms with van der Waals surface area (Å²) in [7, 11) is 1.32. The molecule has 1 heterocycles. The monoisotopic (exact) mass is 337 g/mol. The number of anilines is 2. The van der Waals surface area contributed by atoms with Gasteiger partial charge in [-0.1, -0.05) is 12.0 Å². The number of halogens is 1. The number of benzene rings is 2. The van der Waals surface area contributed by atoms with E-state index in [0.29, 0.717) is 16.9 Å². The maximum Gasteiger partial charge on any atom is 0.337 e.